The van der Waals surface area contributed by atoms with Crippen molar-refractivity contribution < 1.29 is 23.8 Å². The van der Waals surface area contributed by atoms with Crippen molar-refractivity contribution >= 4 is 34.7 Å². The Labute approximate surface area is 184 Å². The number of thiazole rings is 1. The Hall–Kier alpha value is -3.59. The Bertz CT molecular complexity index is 1070. The zero-order chi connectivity index (χ0) is 22.4. The molecule has 9 heteroatoms. The lowest BCUT2D eigenvalue weighted by Gasteiger charge is -2.15. The zero-order valence-corrected chi connectivity index (χ0v) is 18.5. The molecule has 0 aliphatic carbocycles. The Morgan fingerprint density at radius 3 is 2.39 bits per heavy atom. The SMILES string of the molecule is COC(=O)N(C)c1ccc(NC(=O)Cc2csc(-c3ccc(OC)c(OC)c3)n2)cc1. The highest BCUT2D eigenvalue weighted by Gasteiger charge is 2.13. The van der Waals surface area contributed by atoms with Crippen molar-refractivity contribution in [2.24, 2.45) is 0 Å². The zero-order valence-electron chi connectivity index (χ0n) is 17.7. The summed E-state index contributed by atoms with van der Waals surface area (Å²) in [7, 11) is 6.10. The fourth-order valence-corrected chi connectivity index (χ4v) is 3.69. The fraction of sp³-hybridized carbons (Fsp3) is 0.227. The molecule has 2 aromatic carbocycles. The van der Waals surface area contributed by atoms with Crippen LogP contribution in [-0.4, -0.2) is 45.4 Å². The molecule has 0 saturated carbocycles. The minimum absolute atomic E-state index is 0.146. The average molecular weight is 442 g/mol. The summed E-state index contributed by atoms with van der Waals surface area (Å²) in [4.78, 5) is 29.9. The molecule has 8 nitrogen and oxygen atoms in total. The molecule has 2 amide bonds. The van der Waals surface area contributed by atoms with Crippen LogP contribution in [0.4, 0.5) is 16.2 Å². The second-order valence-electron chi connectivity index (χ2n) is 6.51. The molecule has 0 fully saturated rings. The van der Waals surface area contributed by atoms with Crippen molar-refractivity contribution in [3.8, 4) is 22.1 Å². The summed E-state index contributed by atoms with van der Waals surface area (Å²) in [5, 5.41) is 5.49. The fourth-order valence-electron chi connectivity index (χ4n) is 2.87. The summed E-state index contributed by atoms with van der Waals surface area (Å²) in [6.07, 6.45) is -0.321. The molecule has 0 spiro atoms. The van der Waals surface area contributed by atoms with Gasteiger partial charge in [-0.3, -0.25) is 9.69 Å². The van der Waals surface area contributed by atoms with Crippen LogP contribution in [0.1, 0.15) is 5.69 Å². The van der Waals surface area contributed by atoms with E-state index in [0.29, 0.717) is 28.6 Å². The van der Waals surface area contributed by atoms with Gasteiger partial charge in [0.2, 0.25) is 5.91 Å². The van der Waals surface area contributed by atoms with Gasteiger partial charge in [0, 0.05) is 29.4 Å². The maximum absolute atomic E-state index is 12.4. The molecule has 0 aliphatic rings. The van der Waals surface area contributed by atoms with Gasteiger partial charge >= 0.3 is 6.09 Å². The van der Waals surface area contributed by atoms with Crippen LogP contribution in [0.5, 0.6) is 11.5 Å². The smallest absolute Gasteiger partial charge is 0.413 e. The van der Waals surface area contributed by atoms with Crippen LogP contribution >= 0.6 is 11.3 Å². The van der Waals surface area contributed by atoms with Crippen LogP contribution in [0.15, 0.2) is 47.8 Å². The summed E-state index contributed by atoms with van der Waals surface area (Å²) in [6, 6.07) is 12.5. The van der Waals surface area contributed by atoms with Crippen molar-refractivity contribution in [1.29, 1.82) is 0 Å². The first-order valence-electron chi connectivity index (χ1n) is 9.33. The second-order valence-corrected chi connectivity index (χ2v) is 7.37. The highest BCUT2D eigenvalue weighted by molar-refractivity contribution is 7.13. The number of carbonyl (C=O) groups is 2. The van der Waals surface area contributed by atoms with Crippen molar-refractivity contribution in [3.05, 3.63) is 53.5 Å². The van der Waals surface area contributed by atoms with Gasteiger partial charge in [-0.2, -0.15) is 0 Å². The first-order chi connectivity index (χ1) is 14.9. The molecule has 162 valence electrons. The van der Waals surface area contributed by atoms with E-state index in [9.17, 15) is 9.59 Å². The van der Waals surface area contributed by atoms with E-state index in [1.165, 1.54) is 23.3 Å². The summed E-state index contributed by atoms with van der Waals surface area (Å²) < 4.78 is 15.3. The Morgan fingerprint density at radius 1 is 1.03 bits per heavy atom. The first-order valence-corrected chi connectivity index (χ1v) is 10.2. The third-order valence-corrected chi connectivity index (χ3v) is 5.45. The first kappa shape index (κ1) is 22.1. The van der Waals surface area contributed by atoms with Crippen molar-refractivity contribution in [1.82, 2.24) is 4.98 Å². The number of hydrogen-bond acceptors (Lipinski definition) is 7. The molecule has 0 saturated heterocycles. The van der Waals surface area contributed by atoms with Gasteiger partial charge in [0.15, 0.2) is 11.5 Å². The molecular weight excluding hydrogens is 418 g/mol. The van der Waals surface area contributed by atoms with E-state index < -0.39 is 6.09 Å². The van der Waals surface area contributed by atoms with Gasteiger partial charge in [-0.25, -0.2) is 9.78 Å². The molecule has 1 N–H and O–H groups in total. The van der Waals surface area contributed by atoms with Gasteiger partial charge in [0.25, 0.3) is 0 Å². The molecule has 0 unspecified atom stereocenters. The highest BCUT2D eigenvalue weighted by Crippen LogP contribution is 2.33. The molecule has 0 aliphatic heterocycles. The van der Waals surface area contributed by atoms with E-state index in [1.54, 1.807) is 45.5 Å². The van der Waals surface area contributed by atoms with Gasteiger partial charge in [0.05, 0.1) is 33.4 Å². The Balaban J connectivity index is 1.63. The normalized spacial score (nSPS) is 10.3. The second kappa shape index (κ2) is 9.94. The minimum Gasteiger partial charge on any atom is -0.493 e. The van der Waals surface area contributed by atoms with Gasteiger partial charge in [-0.15, -0.1) is 11.3 Å². The molecule has 3 rings (SSSR count). The molecule has 1 aromatic heterocycles. The predicted molar refractivity (Wildman–Crippen MR) is 120 cm³/mol. The molecule has 0 bridgehead atoms. The largest absolute Gasteiger partial charge is 0.493 e. The Morgan fingerprint density at radius 2 is 1.74 bits per heavy atom. The van der Waals surface area contributed by atoms with Crippen LogP contribution in [0.2, 0.25) is 0 Å². The van der Waals surface area contributed by atoms with E-state index >= 15 is 0 Å². The topological polar surface area (TPSA) is 90.0 Å². The van der Waals surface area contributed by atoms with E-state index in [1.807, 2.05) is 23.6 Å². The quantitative estimate of drug-likeness (QED) is 0.591. The number of carbonyl (C=O) groups excluding carboxylic acids is 2. The Kier molecular flexibility index (Phi) is 7.09. The van der Waals surface area contributed by atoms with Crippen molar-refractivity contribution in [2.45, 2.75) is 6.42 Å². The van der Waals surface area contributed by atoms with Crippen molar-refractivity contribution in [3.63, 3.8) is 0 Å². The van der Waals surface area contributed by atoms with E-state index in [4.69, 9.17) is 9.47 Å². The lowest BCUT2D eigenvalue weighted by atomic mass is 10.2. The number of nitrogens with one attached hydrogen (secondary N) is 1. The summed E-state index contributed by atoms with van der Waals surface area (Å²) in [5.74, 6) is 1.08. The highest BCUT2D eigenvalue weighted by atomic mass is 32.1. The number of anilines is 2. The van der Waals surface area contributed by atoms with Gasteiger partial charge in [-0.1, -0.05) is 0 Å². The van der Waals surface area contributed by atoms with Crippen LogP contribution in [0, 0.1) is 0 Å². The molecular formula is C22H23N3O5S. The summed E-state index contributed by atoms with van der Waals surface area (Å²) in [5.41, 5.74) is 2.85. The summed E-state index contributed by atoms with van der Waals surface area (Å²) >= 11 is 1.46. The number of rotatable bonds is 7. The number of methoxy groups -OCH3 is 3. The third-order valence-electron chi connectivity index (χ3n) is 4.51. The van der Waals surface area contributed by atoms with Crippen LogP contribution in [-0.2, 0) is 16.0 Å². The van der Waals surface area contributed by atoms with Crippen LogP contribution in [0.3, 0.4) is 0 Å². The molecule has 0 atom stereocenters. The maximum Gasteiger partial charge on any atom is 0.413 e. The molecule has 31 heavy (non-hydrogen) atoms. The number of amides is 2. The monoisotopic (exact) mass is 441 g/mol. The number of nitrogens with zero attached hydrogens (tertiary/aromatic N) is 2. The third kappa shape index (κ3) is 5.32. The lowest BCUT2D eigenvalue weighted by molar-refractivity contribution is -0.115. The standard InChI is InChI=1S/C22H23N3O5S/c1-25(22(27)30-4)17-8-6-15(7-9-17)23-20(26)12-16-13-31-21(24-16)14-5-10-18(28-2)19(11-14)29-3/h5-11,13H,12H2,1-4H3,(H,23,26). The van der Waals surface area contributed by atoms with E-state index in [2.05, 4.69) is 15.0 Å². The number of aromatic nitrogens is 1. The number of ether oxygens (including phenoxy) is 3. The van der Waals surface area contributed by atoms with Crippen LogP contribution in [0.25, 0.3) is 10.6 Å². The minimum atomic E-state index is -0.467. The molecule has 3 aromatic rings. The van der Waals surface area contributed by atoms with E-state index in [-0.39, 0.29) is 12.3 Å². The maximum atomic E-state index is 12.4. The molecule has 0 radical (unpaired) electrons. The molecule has 1 heterocycles. The van der Waals surface area contributed by atoms with Gasteiger partial charge < -0.3 is 19.5 Å². The average Bonchev–Trinajstić information content (AvgIpc) is 3.26. The van der Waals surface area contributed by atoms with E-state index in [0.717, 1.165) is 10.6 Å². The number of hydrogen-bond donors (Lipinski definition) is 1. The predicted octanol–water partition coefficient (Wildman–Crippen LogP) is 4.21. The lowest BCUT2D eigenvalue weighted by Crippen LogP contribution is -2.25. The van der Waals surface area contributed by atoms with Crippen LogP contribution < -0.4 is 19.7 Å². The summed E-state index contributed by atoms with van der Waals surface area (Å²) in [6.45, 7) is 0. The van der Waals surface area contributed by atoms with Gasteiger partial charge in [-0.05, 0) is 42.5 Å². The van der Waals surface area contributed by atoms with Gasteiger partial charge in [0.1, 0.15) is 5.01 Å². The van der Waals surface area contributed by atoms with Crippen molar-refractivity contribution in [2.75, 3.05) is 38.6 Å². The number of benzene rings is 2.